The predicted molar refractivity (Wildman–Crippen MR) is 229 cm³/mol. The first-order valence-corrected chi connectivity index (χ1v) is 23.4. The number of quaternary nitrogens is 1. The Labute approximate surface area is 339 Å². The number of unbranched alkanes of at least 4 members (excludes halogenated alkanes) is 22. The monoisotopic (exact) mass is 802 g/mol. The lowest BCUT2D eigenvalue weighted by Gasteiger charge is -2.46. The van der Waals surface area contributed by atoms with Crippen molar-refractivity contribution in [3.63, 3.8) is 0 Å². The van der Waals surface area contributed by atoms with E-state index in [0.717, 1.165) is 77.0 Å². The van der Waals surface area contributed by atoms with E-state index < -0.39 is 45.6 Å². The molecule has 0 aromatic carbocycles. The van der Waals surface area contributed by atoms with Crippen LogP contribution in [0.5, 0.6) is 0 Å². The van der Waals surface area contributed by atoms with Crippen LogP contribution in [0.4, 0.5) is 0 Å². The van der Waals surface area contributed by atoms with Gasteiger partial charge in [0.2, 0.25) is 10.4 Å². The molecule has 9 nitrogen and oxygen atoms in total. The summed E-state index contributed by atoms with van der Waals surface area (Å²) in [5.41, 5.74) is -3.12. The lowest BCUT2D eigenvalue weighted by molar-refractivity contribution is -0.208. The third kappa shape index (κ3) is 31.0. The van der Waals surface area contributed by atoms with Crippen LogP contribution in [0.3, 0.4) is 0 Å². The van der Waals surface area contributed by atoms with E-state index in [1.54, 1.807) is 20.8 Å². The maximum Gasteiger partial charge on any atom is 0.306 e. The highest BCUT2D eigenvalue weighted by atomic mass is 32.3. The number of hydrogen-bond donors (Lipinski definition) is 1. The van der Waals surface area contributed by atoms with Crippen LogP contribution in [0.2, 0.25) is 0 Å². The molecule has 0 amide bonds. The van der Waals surface area contributed by atoms with Crippen LogP contribution < -0.4 is 6.15 Å². The highest BCUT2D eigenvalue weighted by Gasteiger charge is 2.53. The number of ether oxygens (including phenoxy) is 2. The van der Waals surface area contributed by atoms with Gasteiger partial charge >= 0.3 is 11.9 Å². The van der Waals surface area contributed by atoms with E-state index in [4.69, 9.17) is 13.7 Å². The third-order valence-electron chi connectivity index (χ3n) is 10.5. The first-order chi connectivity index (χ1) is 25.7. The fraction of sp³-hybridized carbons (Fsp3) is 0.867. The molecule has 0 saturated heterocycles. The lowest BCUT2D eigenvalue weighted by Crippen LogP contribution is -2.60. The van der Waals surface area contributed by atoms with Crippen LogP contribution >= 0.6 is 0 Å². The number of carbonyl (C=O) groups excluding carboxylic acids is 2. The quantitative estimate of drug-likeness (QED) is 0.0214. The summed E-state index contributed by atoms with van der Waals surface area (Å²) < 4.78 is 52.5. The SMILES string of the molecule is CCCCCCCC/C=C\CCCCCCCC(=O)OC(C)(C)C(OS(=O)(=O)[O-])C(C)(OC(=O)CCCCCCC/C=C\CCCCCCCC)C(C)C.[NH4+]. The summed E-state index contributed by atoms with van der Waals surface area (Å²) in [4.78, 5) is 26.0. The second-order valence-corrected chi connectivity index (χ2v) is 17.5. The van der Waals surface area contributed by atoms with Crippen LogP contribution in [-0.2, 0) is 33.6 Å². The van der Waals surface area contributed by atoms with E-state index >= 15 is 0 Å². The van der Waals surface area contributed by atoms with Crippen molar-refractivity contribution in [1.29, 1.82) is 0 Å². The number of rotatable bonds is 37. The highest BCUT2D eigenvalue weighted by Crippen LogP contribution is 2.37. The van der Waals surface area contributed by atoms with E-state index in [2.05, 4.69) is 38.2 Å². The first-order valence-electron chi connectivity index (χ1n) is 22.1. The molecule has 4 N–H and O–H groups in total. The average Bonchev–Trinajstić information content (AvgIpc) is 3.09. The van der Waals surface area contributed by atoms with Gasteiger partial charge in [0.15, 0.2) is 6.10 Å². The molecule has 2 atom stereocenters. The van der Waals surface area contributed by atoms with E-state index in [-0.39, 0.29) is 19.0 Å². The van der Waals surface area contributed by atoms with Crippen molar-refractivity contribution >= 4 is 22.3 Å². The summed E-state index contributed by atoms with van der Waals surface area (Å²) in [5.74, 6) is -1.47. The van der Waals surface area contributed by atoms with Crippen LogP contribution in [0.25, 0.3) is 0 Å². The molecule has 0 bridgehead atoms. The van der Waals surface area contributed by atoms with Gasteiger partial charge in [0, 0.05) is 12.8 Å². The Bertz CT molecular complexity index is 1100. The Morgan fingerprint density at radius 2 is 0.855 bits per heavy atom. The second kappa shape index (κ2) is 34.3. The number of hydrogen-bond acceptors (Lipinski definition) is 8. The van der Waals surface area contributed by atoms with Gasteiger partial charge in [-0.25, -0.2) is 8.42 Å². The van der Waals surface area contributed by atoms with Crippen molar-refractivity contribution in [2.24, 2.45) is 5.92 Å². The van der Waals surface area contributed by atoms with Gasteiger partial charge in [-0.3, -0.25) is 13.8 Å². The Morgan fingerprint density at radius 1 is 0.545 bits per heavy atom. The molecule has 0 spiro atoms. The fourth-order valence-electron chi connectivity index (χ4n) is 6.87. The summed E-state index contributed by atoms with van der Waals surface area (Å²) in [6.45, 7) is 12.5. The maximum absolute atomic E-state index is 13.1. The van der Waals surface area contributed by atoms with Crippen LogP contribution in [-0.4, -0.2) is 42.2 Å². The van der Waals surface area contributed by atoms with E-state index in [0.29, 0.717) is 12.8 Å². The van der Waals surface area contributed by atoms with Gasteiger partial charge in [0.1, 0.15) is 11.2 Å². The molecule has 0 radical (unpaired) electrons. The van der Waals surface area contributed by atoms with Crippen LogP contribution in [0.1, 0.15) is 228 Å². The van der Waals surface area contributed by atoms with Gasteiger partial charge in [-0.15, -0.1) is 0 Å². The molecule has 0 fully saturated rings. The Kier molecular flexibility index (Phi) is 34.5. The molecule has 0 aliphatic carbocycles. The molecule has 2 unspecified atom stereocenters. The molecule has 0 aliphatic heterocycles. The fourth-order valence-corrected chi connectivity index (χ4v) is 7.53. The maximum atomic E-state index is 13.1. The zero-order valence-corrected chi connectivity index (χ0v) is 37.8. The topological polar surface area (TPSA) is 156 Å². The molecule has 0 heterocycles. The second-order valence-electron chi connectivity index (χ2n) is 16.4. The van der Waals surface area contributed by atoms with E-state index in [1.165, 1.54) is 90.9 Å². The molecule has 0 aromatic rings. The summed E-state index contributed by atoms with van der Waals surface area (Å²) in [6.07, 6.45) is 37.7. The lowest BCUT2D eigenvalue weighted by atomic mass is 9.79. The number of allylic oxidation sites excluding steroid dienone is 4. The average molecular weight is 802 g/mol. The predicted octanol–water partition coefficient (Wildman–Crippen LogP) is 13.6. The highest BCUT2D eigenvalue weighted by molar-refractivity contribution is 7.80. The Balaban J connectivity index is 0. The van der Waals surface area contributed by atoms with Gasteiger partial charge in [-0.1, -0.05) is 155 Å². The number of carbonyl (C=O) groups is 2. The van der Waals surface area contributed by atoms with Gasteiger partial charge in [-0.05, 0) is 90.9 Å². The summed E-state index contributed by atoms with van der Waals surface area (Å²) >= 11 is 0. The van der Waals surface area contributed by atoms with Crippen molar-refractivity contribution in [2.75, 3.05) is 0 Å². The van der Waals surface area contributed by atoms with Crippen LogP contribution in [0, 0.1) is 5.92 Å². The first kappa shape index (κ1) is 55.3. The van der Waals surface area contributed by atoms with Crippen molar-refractivity contribution in [3.8, 4) is 0 Å². The zero-order chi connectivity index (χ0) is 40.6. The largest absolute Gasteiger partial charge is 0.726 e. The molecule has 0 rings (SSSR count). The van der Waals surface area contributed by atoms with Gasteiger partial charge in [0.25, 0.3) is 0 Å². The van der Waals surface area contributed by atoms with Gasteiger partial charge in [0.05, 0.1) is 0 Å². The van der Waals surface area contributed by atoms with Crippen molar-refractivity contribution in [3.05, 3.63) is 24.3 Å². The standard InChI is InChI=1S/C45H84O8S.H3N/c1-8-10-12-14-16-18-20-22-24-26-28-30-32-34-36-38-41(46)51-44(5,6)43(53-54(48,49)50)45(7,40(3)4)52-42(47)39-37-35-33-31-29-27-25-23-21-19-17-15-13-11-9-2;/h22-25,40,43H,8-21,26-39H2,1-7H3,(H,48,49,50);1H3/b24-22-,25-23-;. The summed E-state index contributed by atoms with van der Waals surface area (Å²) in [7, 11) is -5.22. The van der Waals surface area contributed by atoms with Crippen molar-refractivity contribution in [1.82, 2.24) is 6.15 Å². The summed E-state index contributed by atoms with van der Waals surface area (Å²) in [5, 5.41) is 0. The van der Waals surface area contributed by atoms with E-state index in [1.807, 2.05) is 0 Å². The molecular weight excluding hydrogens is 715 g/mol. The Morgan fingerprint density at radius 3 is 1.18 bits per heavy atom. The summed E-state index contributed by atoms with van der Waals surface area (Å²) in [6, 6.07) is 0. The van der Waals surface area contributed by atoms with Crippen molar-refractivity contribution < 1.29 is 36.2 Å². The van der Waals surface area contributed by atoms with Crippen LogP contribution in [0.15, 0.2) is 24.3 Å². The molecule has 0 saturated carbocycles. The molecular formula is C45H87NO8S. The minimum Gasteiger partial charge on any atom is -0.726 e. The smallest absolute Gasteiger partial charge is 0.306 e. The normalized spacial score (nSPS) is 14.0. The molecule has 0 aliphatic rings. The van der Waals surface area contributed by atoms with Gasteiger partial charge < -0.3 is 20.2 Å². The molecule has 10 heteroatoms. The third-order valence-corrected chi connectivity index (χ3v) is 10.9. The molecule has 55 heavy (non-hydrogen) atoms. The van der Waals surface area contributed by atoms with E-state index in [9.17, 15) is 22.6 Å². The van der Waals surface area contributed by atoms with Crippen molar-refractivity contribution in [2.45, 2.75) is 246 Å². The van der Waals surface area contributed by atoms with Gasteiger partial charge in [-0.2, -0.15) is 0 Å². The minimum absolute atomic E-state index is 0. The number of esters is 2. The molecule has 0 aromatic heterocycles. The zero-order valence-electron chi connectivity index (χ0n) is 36.9. The molecule has 326 valence electrons. The minimum atomic E-state index is -5.22. The Hall–Kier alpha value is -1.75.